The molecule has 196 valence electrons. The van der Waals surface area contributed by atoms with E-state index in [-0.39, 0.29) is 17.6 Å². The smallest absolute Gasteiger partial charge is 0.416 e. The summed E-state index contributed by atoms with van der Waals surface area (Å²) in [6.45, 7) is 0.938. The normalized spacial score (nSPS) is 12.2. The first kappa shape index (κ1) is 27.4. The summed E-state index contributed by atoms with van der Waals surface area (Å²) in [5, 5.41) is 0. The maximum atomic E-state index is 13.4. The van der Waals surface area contributed by atoms with E-state index in [4.69, 9.17) is 9.47 Å². The highest BCUT2D eigenvalue weighted by atomic mass is 19.4. The number of hydrogen-bond acceptors (Lipinski definition) is 4. The summed E-state index contributed by atoms with van der Waals surface area (Å²) >= 11 is 0. The molecule has 0 saturated carbocycles. The lowest BCUT2D eigenvalue weighted by atomic mass is 10.0. The summed E-state index contributed by atoms with van der Waals surface area (Å²) in [7, 11) is 1.32. The van der Waals surface area contributed by atoms with Crippen LogP contribution in [0.4, 0.5) is 32.0 Å². The molecule has 0 bridgehead atoms. The van der Waals surface area contributed by atoms with Crippen LogP contribution in [0.3, 0.4) is 0 Å². The SMILES string of the molecule is COc1cc(C=C(C)C(=O)NNc2ccccc2)ccc1OCc1ccc(C(F)(F)F)cc1C(F)(F)F. The van der Waals surface area contributed by atoms with Crippen LogP contribution >= 0.6 is 0 Å². The third kappa shape index (κ3) is 7.42. The standard InChI is InChI=1S/C26H22F6N2O3/c1-16(24(35)34-33-20-6-4-3-5-7-20)12-17-8-11-22(23(13-17)36-2)37-15-18-9-10-19(25(27,28)29)14-21(18)26(30,31)32/h3-14,33H,15H2,1-2H3,(H,34,35). The molecule has 11 heteroatoms. The molecule has 0 aliphatic rings. The summed E-state index contributed by atoms with van der Waals surface area (Å²) in [5.41, 5.74) is 3.59. The molecule has 2 N–H and O–H groups in total. The molecule has 0 aliphatic carbocycles. The predicted molar refractivity (Wildman–Crippen MR) is 126 cm³/mol. The number of anilines is 1. The van der Waals surface area contributed by atoms with Crippen molar-refractivity contribution in [3.63, 3.8) is 0 Å². The van der Waals surface area contributed by atoms with Crippen LogP contribution in [-0.2, 0) is 23.8 Å². The van der Waals surface area contributed by atoms with Crippen molar-refractivity contribution in [1.82, 2.24) is 5.43 Å². The largest absolute Gasteiger partial charge is 0.493 e. The Hall–Kier alpha value is -4.15. The van der Waals surface area contributed by atoms with E-state index in [0.717, 1.165) is 6.07 Å². The first-order chi connectivity index (χ1) is 17.4. The Balaban J connectivity index is 1.74. The lowest BCUT2D eigenvalue weighted by molar-refractivity contribution is -0.143. The molecule has 0 aliphatic heterocycles. The number of hydrazine groups is 1. The number of nitrogens with one attached hydrogen (secondary N) is 2. The number of benzene rings is 3. The molecule has 0 atom stereocenters. The van der Waals surface area contributed by atoms with Gasteiger partial charge in [0.25, 0.3) is 5.91 Å². The number of hydrogen-bond donors (Lipinski definition) is 2. The van der Waals surface area contributed by atoms with E-state index in [9.17, 15) is 31.1 Å². The highest BCUT2D eigenvalue weighted by molar-refractivity contribution is 5.97. The molecule has 0 saturated heterocycles. The van der Waals surface area contributed by atoms with Crippen LogP contribution in [0.1, 0.15) is 29.2 Å². The first-order valence-electron chi connectivity index (χ1n) is 10.8. The van der Waals surface area contributed by atoms with Crippen LogP contribution in [0.15, 0.2) is 72.3 Å². The van der Waals surface area contributed by atoms with E-state index in [1.165, 1.54) is 19.2 Å². The first-order valence-corrected chi connectivity index (χ1v) is 10.8. The lowest BCUT2D eigenvalue weighted by Gasteiger charge is -2.17. The van der Waals surface area contributed by atoms with Gasteiger partial charge in [0.05, 0.1) is 23.9 Å². The fourth-order valence-corrected chi connectivity index (χ4v) is 3.26. The number of para-hydroxylation sites is 1. The summed E-state index contributed by atoms with van der Waals surface area (Å²) in [6.07, 6.45) is -8.36. The van der Waals surface area contributed by atoms with Gasteiger partial charge in [0.15, 0.2) is 11.5 Å². The van der Waals surface area contributed by atoms with E-state index >= 15 is 0 Å². The van der Waals surface area contributed by atoms with Gasteiger partial charge in [0.2, 0.25) is 0 Å². The second kappa shape index (κ2) is 11.3. The van der Waals surface area contributed by atoms with Crippen LogP contribution in [0.5, 0.6) is 11.5 Å². The van der Waals surface area contributed by atoms with Gasteiger partial charge in [-0.25, -0.2) is 0 Å². The molecule has 0 heterocycles. The number of carbonyl (C=O) groups is 1. The number of ether oxygens (including phenoxy) is 2. The summed E-state index contributed by atoms with van der Waals surface area (Å²) < 4.78 is 89.5. The van der Waals surface area contributed by atoms with Crippen molar-refractivity contribution in [3.05, 3.63) is 94.6 Å². The monoisotopic (exact) mass is 524 g/mol. The molecular weight excluding hydrogens is 502 g/mol. The number of amides is 1. The Labute approximate surface area is 208 Å². The maximum absolute atomic E-state index is 13.4. The number of halogens is 6. The van der Waals surface area contributed by atoms with Gasteiger partial charge in [-0.1, -0.05) is 30.3 Å². The molecule has 3 aromatic rings. The van der Waals surface area contributed by atoms with Crippen LogP contribution in [0.2, 0.25) is 0 Å². The topological polar surface area (TPSA) is 59.6 Å². The molecule has 0 unspecified atom stereocenters. The summed E-state index contributed by atoms with van der Waals surface area (Å²) in [6, 6.07) is 14.8. The van der Waals surface area contributed by atoms with E-state index in [1.54, 1.807) is 43.3 Å². The molecule has 37 heavy (non-hydrogen) atoms. The Morgan fingerprint density at radius 3 is 2.22 bits per heavy atom. The molecule has 0 radical (unpaired) electrons. The molecule has 5 nitrogen and oxygen atoms in total. The van der Waals surface area contributed by atoms with Gasteiger partial charge in [-0.2, -0.15) is 26.3 Å². The second-order valence-electron chi connectivity index (χ2n) is 7.84. The summed E-state index contributed by atoms with van der Waals surface area (Å²) in [4.78, 5) is 12.3. The predicted octanol–water partition coefficient (Wildman–Crippen LogP) is 6.86. The molecule has 1 amide bonds. The van der Waals surface area contributed by atoms with Gasteiger partial charge in [-0.05, 0) is 55.0 Å². The minimum atomic E-state index is -5.01. The molecule has 3 rings (SSSR count). The quantitative estimate of drug-likeness (QED) is 0.192. The lowest BCUT2D eigenvalue weighted by Crippen LogP contribution is -2.29. The van der Waals surface area contributed by atoms with Crippen molar-refractivity contribution in [1.29, 1.82) is 0 Å². The van der Waals surface area contributed by atoms with Crippen LogP contribution in [-0.4, -0.2) is 13.0 Å². The zero-order chi connectivity index (χ0) is 27.2. The van der Waals surface area contributed by atoms with Crippen LogP contribution in [0, 0.1) is 0 Å². The Bertz CT molecular complexity index is 1270. The highest BCUT2D eigenvalue weighted by Crippen LogP contribution is 2.38. The number of rotatable bonds is 8. The average molecular weight is 524 g/mol. The van der Waals surface area contributed by atoms with Crippen molar-refractivity contribution in [2.24, 2.45) is 0 Å². The fourth-order valence-electron chi connectivity index (χ4n) is 3.26. The van der Waals surface area contributed by atoms with Crippen LogP contribution in [0.25, 0.3) is 6.08 Å². The van der Waals surface area contributed by atoms with Crippen molar-refractivity contribution < 1.29 is 40.6 Å². The molecule has 0 fully saturated rings. The van der Waals surface area contributed by atoms with Gasteiger partial charge in [0, 0.05) is 11.1 Å². The maximum Gasteiger partial charge on any atom is 0.416 e. The zero-order valence-corrected chi connectivity index (χ0v) is 19.6. The third-order valence-electron chi connectivity index (χ3n) is 5.15. The molecule has 3 aromatic carbocycles. The highest BCUT2D eigenvalue weighted by Gasteiger charge is 2.38. The van der Waals surface area contributed by atoms with E-state index in [1.807, 2.05) is 6.07 Å². The molecular formula is C26H22F6N2O3. The van der Waals surface area contributed by atoms with Crippen LogP contribution < -0.4 is 20.3 Å². The Morgan fingerprint density at radius 1 is 0.892 bits per heavy atom. The van der Waals surface area contributed by atoms with Crippen molar-refractivity contribution in [3.8, 4) is 11.5 Å². The minimum Gasteiger partial charge on any atom is -0.493 e. The van der Waals surface area contributed by atoms with Gasteiger partial charge < -0.3 is 9.47 Å². The second-order valence-corrected chi connectivity index (χ2v) is 7.84. The van der Waals surface area contributed by atoms with Crippen molar-refractivity contribution in [2.75, 3.05) is 12.5 Å². The van der Waals surface area contributed by atoms with Gasteiger partial charge in [0.1, 0.15) is 6.61 Å². The Morgan fingerprint density at radius 2 is 1.59 bits per heavy atom. The van der Waals surface area contributed by atoms with E-state index in [0.29, 0.717) is 22.9 Å². The van der Waals surface area contributed by atoms with Gasteiger partial charge in [-0.15, -0.1) is 0 Å². The van der Waals surface area contributed by atoms with Crippen molar-refractivity contribution >= 4 is 17.7 Å². The molecule has 0 spiro atoms. The van der Waals surface area contributed by atoms with E-state index < -0.39 is 41.6 Å². The third-order valence-corrected chi connectivity index (χ3v) is 5.15. The minimum absolute atomic E-state index is 0.0598. The number of alkyl halides is 6. The average Bonchev–Trinajstić information content (AvgIpc) is 2.85. The number of methoxy groups -OCH3 is 1. The van der Waals surface area contributed by atoms with Gasteiger partial charge in [-0.3, -0.25) is 15.6 Å². The summed E-state index contributed by atoms with van der Waals surface area (Å²) in [5.74, 6) is -0.171. The van der Waals surface area contributed by atoms with E-state index in [2.05, 4.69) is 10.9 Å². The fraction of sp³-hybridized carbons (Fsp3) is 0.192. The van der Waals surface area contributed by atoms with Crippen molar-refractivity contribution in [2.45, 2.75) is 25.9 Å². The number of carbonyl (C=O) groups excluding carboxylic acids is 1. The molecule has 0 aromatic heterocycles. The Kier molecular flexibility index (Phi) is 8.36. The van der Waals surface area contributed by atoms with Gasteiger partial charge >= 0.3 is 12.4 Å². The zero-order valence-electron chi connectivity index (χ0n) is 19.6.